The molecule has 0 aliphatic rings. The van der Waals surface area contributed by atoms with E-state index in [-0.39, 0.29) is 4.90 Å². The van der Waals surface area contributed by atoms with E-state index < -0.39 is 39.3 Å². The van der Waals surface area contributed by atoms with E-state index in [1.807, 2.05) is 0 Å². The van der Waals surface area contributed by atoms with Gasteiger partial charge in [0.1, 0.15) is 11.6 Å². The Balaban J connectivity index is 1.57. The lowest BCUT2D eigenvalue weighted by molar-refractivity contribution is -0.123. The van der Waals surface area contributed by atoms with Gasteiger partial charge in [-0.1, -0.05) is 30.3 Å². The number of rotatable bonds is 7. The number of hydrogen-bond donors (Lipinski definition) is 3. The normalized spacial score (nSPS) is 13.1. The maximum atomic E-state index is 13.2. The van der Waals surface area contributed by atoms with Crippen molar-refractivity contribution in [2.75, 3.05) is 5.32 Å². The smallest absolute Gasteiger partial charge is 0.408 e. The van der Waals surface area contributed by atoms with Crippen LogP contribution in [0.25, 0.3) is 22.2 Å². The highest BCUT2D eigenvalue weighted by molar-refractivity contribution is 7.90. The number of pyridine rings is 1. The van der Waals surface area contributed by atoms with E-state index in [4.69, 9.17) is 4.74 Å². The monoisotopic (exact) mass is 564 g/mol. The van der Waals surface area contributed by atoms with Gasteiger partial charge >= 0.3 is 6.09 Å². The van der Waals surface area contributed by atoms with Crippen molar-refractivity contribution in [2.24, 2.45) is 0 Å². The molecule has 210 valence electrons. The Morgan fingerprint density at radius 3 is 2.20 bits per heavy atom. The number of hydrogen-bond acceptors (Lipinski definition) is 7. The number of aromatic nitrogens is 2. The standard InChI is InChI=1S/C29H32N4O6S/c1-28(2,3)39-27(35)32-24(29(4,5)36)26(34)31-20-13-11-19(12-14-20)22-15-17-30-25-23(22)16-18-33(25)40(37,38)21-9-7-6-8-10-21/h6-18,24,36H,1-5H3,(H,31,34)(H,32,35)/t24-/m0/s1. The summed E-state index contributed by atoms with van der Waals surface area (Å²) in [6.07, 6.45) is 2.20. The molecule has 0 saturated carbocycles. The predicted octanol–water partition coefficient (Wildman–Crippen LogP) is 4.54. The number of aliphatic hydroxyl groups is 1. The molecule has 4 rings (SSSR count). The summed E-state index contributed by atoms with van der Waals surface area (Å²) in [4.78, 5) is 29.7. The molecular weight excluding hydrogens is 532 g/mol. The first kappa shape index (κ1) is 28.8. The number of nitrogens with zero attached hydrogens (tertiary/aromatic N) is 2. The minimum Gasteiger partial charge on any atom is -0.444 e. The molecule has 2 heterocycles. The fourth-order valence-corrected chi connectivity index (χ4v) is 5.43. The summed E-state index contributed by atoms with van der Waals surface area (Å²) in [6, 6.07) is 17.2. The summed E-state index contributed by atoms with van der Waals surface area (Å²) in [6.45, 7) is 7.91. The number of alkyl carbamates (subject to hydrolysis) is 1. The molecule has 10 nitrogen and oxygen atoms in total. The van der Waals surface area contributed by atoms with Gasteiger partial charge in [-0.25, -0.2) is 22.2 Å². The fourth-order valence-electron chi connectivity index (χ4n) is 4.10. The van der Waals surface area contributed by atoms with Crippen LogP contribution < -0.4 is 10.6 Å². The van der Waals surface area contributed by atoms with E-state index >= 15 is 0 Å². The average Bonchev–Trinajstić information content (AvgIpc) is 3.32. The first-order valence-corrected chi connectivity index (χ1v) is 14.0. The Labute approximate surface area is 233 Å². The highest BCUT2D eigenvalue weighted by Gasteiger charge is 2.36. The lowest BCUT2D eigenvalue weighted by atomic mass is 9.98. The molecule has 40 heavy (non-hydrogen) atoms. The zero-order chi connectivity index (χ0) is 29.3. The number of fused-ring (bicyclic) bond motifs is 1. The molecule has 2 aromatic carbocycles. The predicted molar refractivity (Wildman–Crippen MR) is 152 cm³/mol. The third-order valence-corrected chi connectivity index (χ3v) is 7.63. The summed E-state index contributed by atoms with van der Waals surface area (Å²) in [5, 5.41) is 16.3. The topological polar surface area (TPSA) is 140 Å². The fraction of sp³-hybridized carbons (Fsp3) is 0.276. The maximum Gasteiger partial charge on any atom is 0.408 e. The van der Waals surface area contributed by atoms with Crippen LogP contribution >= 0.6 is 0 Å². The Bertz CT molecular complexity index is 1630. The van der Waals surface area contributed by atoms with Gasteiger partial charge in [0.15, 0.2) is 5.65 Å². The first-order chi connectivity index (χ1) is 18.7. The Hall–Kier alpha value is -4.22. The van der Waals surface area contributed by atoms with Crippen molar-refractivity contribution in [3.8, 4) is 11.1 Å². The van der Waals surface area contributed by atoms with Crippen LogP contribution in [0.1, 0.15) is 34.6 Å². The third kappa shape index (κ3) is 6.32. The van der Waals surface area contributed by atoms with E-state index in [9.17, 15) is 23.1 Å². The van der Waals surface area contributed by atoms with Gasteiger partial charge in [0, 0.05) is 23.5 Å². The lowest BCUT2D eigenvalue weighted by Gasteiger charge is -2.30. The van der Waals surface area contributed by atoms with E-state index in [1.165, 1.54) is 32.2 Å². The summed E-state index contributed by atoms with van der Waals surface area (Å²) < 4.78 is 32.8. The number of anilines is 1. The summed E-state index contributed by atoms with van der Waals surface area (Å²) >= 11 is 0. The molecule has 4 aromatic rings. The number of nitrogens with one attached hydrogen (secondary N) is 2. The van der Waals surface area contributed by atoms with Gasteiger partial charge in [-0.05, 0) is 82.1 Å². The second-order valence-corrected chi connectivity index (χ2v) is 12.6. The summed E-state index contributed by atoms with van der Waals surface area (Å²) in [7, 11) is -3.83. The van der Waals surface area contributed by atoms with Crippen molar-refractivity contribution in [1.29, 1.82) is 0 Å². The van der Waals surface area contributed by atoms with Crippen LogP contribution in [0.3, 0.4) is 0 Å². The zero-order valence-electron chi connectivity index (χ0n) is 22.9. The molecule has 0 unspecified atom stereocenters. The number of carbonyl (C=O) groups is 2. The molecular formula is C29H32N4O6S. The second kappa shape index (κ2) is 10.7. The third-order valence-electron chi connectivity index (χ3n) is 5.95. The van der Waals surface area contributed by atoms with Gasteiger partial charge in [-0.3, -0.25) is 4.79 Å². The number of amides is 2. The second-order valence-electron chi connectivity index (χ2n) is 10.8. The molecule has 1 atom stereocenters. The van der Waals surface area contributed by atoms with Crippen molar-refractivity contribution < 1.29 is 27.9 Å². The minimum absolute atomic E-state index is 0.158. The van der Waals surface area contributed by atoms with Gasteiger partial charge in [-0.2, -0.15) is 0 Å². The molecule has 3 N–H and O–H groups in total. The molecule has 0 fully saturated rings. The summed E-state index contributed by atoms with van der Waals surface area (Å²) in [5.74, 6) is -0.624. The van der Waals surface area contributed by atoms with Crippen LogP contribution in [-0.2, 0) is 19.6 Å². The van der Waals surface area contributed by atoms with Crippen LogP contribution in [0, 0.1) is 0 Å². The van der Waals surface area contributed by atoms with Crippen LogP contribution in [0.15, 0.2) is 84.0 Å². The van der Waals surface area contributed by atoms with Crippen molar-refractivity contribution >= 4 is 38.7 Å². The molecule has 2 aromatic heterocycles. The SMILES string of the molecule is CC(C)(C)OC(=O)N[C@@H](C(=O)Nc1ccc(-c2ccnc3c2ccn3S(=O)(=O)c2ccccc2)cc1)C(C)(C)O. The van der Waals surface area contributed by atoms with E-state index in [2.05, 4.69) is 15.6 Å². The maximum absolute atomic E-state index is 13.2. The van der Waals surface area contributed by atoms with Crippen LogP contribution in [-0.4, -0.2) is 51.7 Å². The molecule has 0 bridgehead atoms. The van der Waals surface area contributed by atoms with Crippen molar-refractivity contribution in [3.63, 3.8) is 0 Å². The van der Waals surface area contributed by atoms with Crippen LogP contribution in [0.4, 0.5) is 10.5 Å². The van der Waals surface area contributed by atoms with E-state index in [0.717, 1.165) is 15.1 Å². The molecule has 0 aliphatic heterocycles. The Kier molecular flexibility index (Phi) is 7.73. The van der Waals surface area contributed by atoms with Gasteiger partial charge in [0.2, 0.25) is 5.91 Å². The molecule has 0 saturated heterocycles. The van der Waals surface area contributed by atoms with E-state index in [1.54, 1.807) is 81.6 Å². The van der Waals surface area contributed by atoms with Gasteiger partial charge in [-0.15, -0.1) is 0 Å². The first-order valence-electron chi connectivity index (χ1n) is 12.6. The number of carbonyl (C=O) groups excluding carboxylic acids is 2. The van der Waals surface area contributed by atoms with Crippen molar-refractivity contribution in [1.82, 2.24) is 14.3 Å². The molecule has 11 heteroatoms. The van der Waals surface area contributed by atoms with Crippen molar-refractivity contribution in [2.45, 2.75) is 56.8 Å². The average molecular weight is 565 g/mol. The van der Waals surface area contributed by atoms with Gasteiger partial charge in [0.05, 0.1) is 10.5 Å². The van der Waals surface area contributed by atoms with Gasteiger partial charge < -0.3 is 20.5 Å². The minimum atomic E-state index is -3.83. The molecule has 0 aliphatic carbocycles. The number of ether oxygens (including phenoxy) is 1. The Morgan fingerprint density at radius 1 is 0.950 bits per heavy atom. The molecule has 0 spiro atoms. The molecule has 0 radical (unpaired) electrons. The van der Waals surface area contributed by atoms with Crippen molar-refractivity contribution in [3.05, 3.63) is 79.1 Å². The highest BCUT2D eigenvalue weighted by Crippen LogP contribution is 2.31. The van der Waals surface area contributed by atoms with Crippen LogP contribution in [0.5, 0.6) is 0 Å². The quantitative estimate of drug-likeness (QED) is 0.299. The number of benzene rings is 2. The zero-order valence-corrected chi connectivity index (χ0v) is 23.7. The Morgan fingerprint density at radius 2 is 1.60 bits per heavy atom. The van der Waals surface area contributed by atoms with E-state index in [0.29, 0.717) is 16.7 Å². The highest BCUT2D eigenvalue weighted by atomic mass is 32.2. The van der Waals surface area contributed by atoms with Crippen LogP contribution in [0.2, 0.25) is 0 Å². The molecule has 2 amide bonds. The summed E-state index contributed by atoms with van der Waals surface area (Å²) in [5.41, 5.74) is -0.0943. The lowest BCUT2D eigenvalue weighted by Crippen LogP contribution is -2.56. The van der Waals surface area contributed by atoms with Gasteiger partial charge in [0.25, 0.3) is 10.0 Å². The largest absolute Gasteiger partial charge is 0.444 e.